The number of aromatic nitrogens is 1. The summed E-state index contributed by atoms with van der Waals surface area (Å²) in [5.41, 5.74) is 2.85. The zero-order valence-electron chi connectivity index (χ0n) is 11.9. The Morgan fingerprint density at radius 1 is 1.20 bits per heavy atom. The molecule has 3 nitrogen and oxygen atoms in total. The minimum absolute atomic E-state index is 0.260. The summed E-state index contributed by atoms with van der Waals surface area (Å²) in [6.07, 6.45) is 9.66. The van der Waals surface area contributed by atoms with E-state index in [4.69, 9.17) is 5.11 Å². The highest BCUT2D eigenvalue weighted by Gasteiger charge is 2.52. The van der Waals surface area contributed by atoms with Crippen LogP contribution in [0.2, 0.25) is 0 Å². The van der Waals surface area contributed by atoms with Crippen molar-refractivity contribution in [2.24, 2.45) is 17.8 Å². The van der Waals surface area contributed by atoms with Gasteiger partial charge >= 0.3 is 5.97 Å². The SMILES string of the molecule is Cc1cc(C(=O)O)cnc1C12CC3CC(CC(C3)C1)C2. The van der Waals surface area contributed by atoms with Crippen LogP contribution in [0, 0.1) is 24.7 Å². The fourth-order valence-electron chi connectivity index (χ4n) is 5.65. The van der Waals surface area contributed by atoms with Gasteiger partial charge in [0.25, 0.3) is 0 Å². The second-order valence-corrected chi connectivity index (χ2v) is 7.39. The van der Waals surface area contributed by atoms with E-state index in [1.807, 2.05) is 13.0 Å². The van der Waals surface area contributed by atoms with Crippen LogP contribution in [-0.4, -0.2) is 16.1 Å². The van der Waals surface area contributed by atoms with E-state index in [0.717, 1.165) is 23.3 Å². The van der Waals surface area contributed by atoms with Crippen LogP contribution in [0.1, 0.15) is 60.1 Å². The lowest BCUT2D eigenvalue weighted by molar-refractivity contribution is -0.00753. The Hall–Kier alpha value is -1.38. The molecule has 0 aromatic carbocycles. The first kappa shape index (κ1) is 12.4. The highest BCUT2D eigenvalue weighted by molar-refractivity contribution is 5.87. The third-order valence-corrected chi connectivity index (χ3v) is 5.87. The number of carboxylic acids is 1. The molecule has 1 aromatic rings. The second kappa shape index (κ2) is 4.06. The number of hydrogen-bond acceptors (Lipinski definition) is 2. The van der Waals surface area contributed by atoms with Gasteiger partial charge in [0.15, 0.2) is 0 Å². The molecule has 0 saturated heterocycles. The van der Waals surface area contributed by atoms with Gasteiger partial charge < -0.3 is 5.11 Å². The topological polar surface area (TPSA) is 50.2 Å². The van der Waals surface area contributed by atoms with Crippen molar-refractivity contribution in [3.05, 3.63) is 29.1 Å². The number of carboxylic acid groups (broad SMARTS) is 1. The van der Waals surface area contributed by atoms with E-state index in [1.54, 1.807) is 6.20 Å². The molecule has 1 N–H and O–H groups in total. The fourth-order valence-corrected chi connectivity index (χ4v) is 5.65. The molecular formula is C17H21NO2. The first-order chi connectivity index (χ1) is 9.56. The van der Waals surface area contributed by atoms with Crippen molar-refractivity contribution in [1.82, 2.24) is 4.98 Å². The van der Waals surface area contributed by atoms with Crippen molar-refractivity contribution in [3.8, 4) is 0 Å². The van der Waals surface area contributed by atoms with Gasteiger partial charge in [0, 0.05) is 17.3 Å². The number of aromatic carboxylic acids is 1. The lowest BCUT2D eigenvalue weighted by atomic mass is 9.48. The van der Waals surface area contributed by atoms with Crippen LogP contribution in [0.15, 0.2) is 12.3 Å². The normalized spacial score (nSPS) is 38.1. The second-order valence-electron chi connectivity index (χ2n) is 7.39. The first-order valence-corrected chi connectivity index (χ1v) is 7.76. The van der Waals surface area contributed by atoms with E-state index in [0.29, 0.717) is 5.56 Å². The Morgan fingerprint density at radius 2 is 1.75 bits per heavy atom. The summed E-state index contributed by atoms with van der Waals surface area (Å²) in [4.78, 5) is 15.7. The third-order valence-electron chi connectivity index (χ3n) is 5.87. The number of carbonyl (C=O) groups is 1. The predicted molar refractivity (Wildman–Crippen MR) is 75.8 cm³/mol. The number of hydrogen-bond donors (Lipinski definition) is 1. The van der Waals surface area contributed by atoms with Crippen LogP contribution in [-0.2, 0) is 5.41 Å². The Labute approximate surface area is 119 Å². The Kier molecular flexibility index (Phi) is 2.51. The molecule has 4 aliphatic rings. The van der Waals surface area contributed by atoms with Gasteiger partial charge in [-0.15, -0.1) is 0 Å². The number of rotatable bonds is 2. The Balaban J connectivity index is 1.75. The molecule has 5 rings (SSSR count). The van der Waals surface area contributed by atoms with Crippen LogP contribution in [0.5, 0.6) is 0 Å². The van der Waals surface area contributed by atoms with Crippen molar-refractivity contribution >= 4 is 5.97 Å². The monoisotopic (exact) mass is 271 g/mol. The van der Waals surface area contributed by atoms with Crippen LogP contribution in [0.25, 0.3) is 0 Å². The van der Waals surface area contributed by atoms with Crippen molar-refractivity contribution in [3.63, 3.8) is 0 Å². The molecule has 0 radical (unpaired) electrons. The third kappa shape index (κ3) is 1.72. The smallest absolute Gasteiger partial charge is 0.337 e. The summed E-state index contributed by atoms with van der Waals surface area (Å²) in [7, 11) is 0. The minimum atomic E-state index is -0.877. The maximum Gasteiger partial charge on any atom is 0.337 e. The zero-order valence-corrected chi connectivity index (χ0v) is 11.9. The highest BCUT2D eigenvalue weighted by atomic mass is 16.4. The minimum Gasteiger partial charge on any atom is -0.478 e. The Bertz CT molecular complexity index is 543. The summed E-state index contributed by atoms with van der Waals surface area (Å²) in [5.74, 6) is 1.79. The molecule has 4 aliphatic carbocycles. The van der Waals surface area contributed by atoms with Gasteiger partial charge in [-0.1, -0.05) is 0 Å². The lowest BCUT2D eigenvalue weighted by Gasteiger charge is -2.56. The maximum atomic E-state index is 11.1. The van der Waals surface area contributed by atoms with Crippen LogP contribution in [0.4, 0.5) is 0 Å². The van der Waals surface area contributed by atoms with E-state index >= 15 is 0 Å². The van der Waals surface area contributed by atoms with Gasteiger partial charge in [-0.05, 0) is 74.8 Å². The van der Waals surface area contributed by atoms with Crippen LogP contribution < -0.4 is 0 Å². The molecule has 0 amide bonds. The van der Waals surface area contributed by atoms with Crippen molar-refractivity contribution in [1.29, 1.82) is 0 Å². The van der Waals surface area contributed by atoms with Gasteiger partial charge in [-0.2, -0.15) is 0 Å². The average Bonchev–Trinajstić information content (AvgIpc) is 2.36. The summed E-state index contributed by atoms with van der Waals surface area (Å²) in [6.45, 7) is 2.04. The zero-order chi connectivity index (χ0) is 13.9. The fraction of sp³-hybridized carbons (Fsp3) is 0.647. The van der Waals surface area contributed by atoms with E-state index < -0.39 is 5.97 Å². The molecule has 0 spiro atoms. The molecule has 3 heteroatoms. The molecule has 0 aliphatic heterocycles. The van der Waals surface area contributed by atoms with Gasteiger partial charge in [0.1, 0.15) is 0 Å². The predicted octanol–water partition coefficient (Wildman–Crippen LogP) is 3.56. The largest absolute Gasteiger partial charge is 0.478 e. The summed E-state index contributed by atoms with van der Waals surface area (Å²) in [6, 6.07) is 1.81. The summed E-state index contributed by atoms with van der Waals surface area (Å²) >= 11 is 0. The molecule has 0 unspecified atom stereocenters. The number of nitrogens with zero attached hydrogens (tertiary/aromatic N) is 1. The van der Waals surface area contributed by atoms with Crippen LogP contribution in [0.3, 0.4) is 0 Å². The molecular weight excluding hydrogens is 250 g/mol. The molecule has 0 atom stereocenters. The molecule has 106 valence electrons. The molecule has 4 fully saturated rings. The molecule has 20 heavy (non-hydrogen) atoms. The van der Waals surface area contributed by atoms with Crippen molar-refractivity contribution < 1.29 is 9.90 Å². The quantitative estimate of drug-likeness (QED) is 0.894. The van der Waals surface area contributed by atoms with E-state index in [9.17, 15) is 4.79 Å². The summed E-state index contributed by atoms with van der Waals surface area (Å²) < 4.78 is 0. The van der Waals surface area contributed by atoms with Gasteiger partial charge in [0.2, 0.25) is 0 Å². The molecule has 4 saturated carbocycles. The van der Waals surface area contributed by atoms with Crippen molar-refractivity contribution in [2.45, 2.75) is 50.9 Å². The molecule has 1 aromatic heterocycles. The van der Waals surface area contributed by atoms with Gasteiger partial charge in [0.05, 0.1) is 5.56 Å². The number of aryl methyl sites for hydroxylation is 1. The molecule has 1 heterocycles. The standard InChI is InChI=1S/C17H21NO2/c1-10-2-14(16(19)20)9-18-15(10)17-6-11-3-12(7-17)5-13(4-11)8-17/h2,9,11-13H,3-8H2,1H3,(H,19,20). The first-order valence-electron chi connectivity index (χ1n) is 7.76. The Morgan fingerprint density at radius 3 is 2.20 bits per heavy atom. The van der Waals surface area contributed by atoms with Gasteiger partial charge in [-0.3, -0.25) is 4.98 Å². The summed E-state index contributed by atoms with van der Waals surface area (Å²) in [5, 5.41) is 9.09. The molecule has 4 bridgehead atoms. The van der Waals surface area contributed by atoms with Crippen molar-refractivity contribution in [2.75, 3.05) is 0 Å². The van der Waals surface area contributed by atoms with E-state index in [1.165, 1.54) is 44.2 Å². The average molecular weight is 271 g/mol. The van der Waals surface area contributed by atoms with E-state index in [2.05, 4.69) is 4.98 Å². The number of pyridine rings is 1. The van der Waals surface area contributed by atoms with Crippen LogP contribution >= 0.6 is 0 Å². The lowest BCUT2D eigenvalue weighted by Crippen LogP contribution is -2.49. The van der Waals surface area contributed by atoms with Gasteiger partial charge in [-0.25, -0.2) is 4.79 Å². The van der Waals surface area contributed by atoms with E-state index in [-0.39, 0.29) is 5.41 Å². The highest BCUT2D eigenvalue weighted by Crippen LogP contribution is 2.60. The maximum absolute atomic E-state index is 11.1.